The third kappa shape index (κ3) is 2.20. The molecule has 0 saturated carbocycles. The summed E-state index contributed by atoms with van der Waals surface area (Å²) in [6.45, 7) is 1.79. The molecule has 2 aromatic carbocycles. The summed E-state index contributed by atoms with van der Waals surface area (Å²) in [6.07, 6.45) is 0. The van der Waals surface area contributed by atoms with E-state index in [1.54, 1.807) is 19.1 Å². The monoisotopic (exact) mass is 287 g/mol. The quantitative estimate of drug-likeness (QED) is 0.796. The van der Waals surface area contributed by atoms with Crippen molar-refractivity contribution in [2.45, 2.75) is 13.5 Å². The SMILES string of the molecule is Cc1cc(F)cc2c1N(Cc1ccc(F)cc1)C(=O)C2=O. The summed E-state index contributed by atoms with van der Waals surface area (Å²) >= 11 is 0. The van der Waals surface area contributed by atoms with Gasteiger partial charge in [-0.2, -0.15) is 0 Å². The second-order valence-electron chi connectivity index (χ2n) is 4.97. The van der Waals surface area contributed by atoms with Crippen LogP contribution in [0.5, 0.6) is 0 Å². The number of carbonyl (C=O) groups is 2. The van der Waals surface area contributed by atoms with Crippen molar-refractivity contribution in [3.8, 4) is 0 Å². The Hall–Kier alpha value is -2.56. The van der Waals surface area contributed by atoms with E-state index in [0.717, 1.165) is 6.07 Å². The van der Waals surface area contributed by atoms with Gasteiger partial charge in [0, 0.05) is 0 Å². The van der Waals surface area contributed by atoms with Crippen molar-refractivity contribution in [3.63, 3.8) is 0 Å². The molecule has 106 valence electrons. The molecule has 0 aliphatic carbocycles. The first-order valence-corrected chi connectivity index (χ1v) is 6.38. The lowest BCUT2D eigenvalue weighted by Crippen LogP contribution is -2.29. The van der Waals surface area contributed by atoms with Crippen LogP contribution >= 0.6 is 0 Å². The summed E-state index contributed by atoms with van der Waals surface area (Å²) in [5.74, 6) is -2.32. The van der Waals surface area contributed by atoms with Crippen molar-refractivity contribution < 1.29 is 18.4 Å². The number of anilines is 1. The Kier molecular flexibility index (Phi) is 3.05. The Balaban J connectivity index is 2.03. The molecule has 0 atom stereocenters. The molecule has 1 aliphatic rings. The number of aryl methyl sites for hydroxylation is 1. The van der Waals surface area contributed by atoms with Gasteiger partial charge in [0.1, 0.15) is 11.6 Å². The normalized spacial score (nSPS) is 13.8. The predicted molar refractivity (Wildman–Crippen MR) is 73.1 cm³/mol. The van der Waals surface area contributed by atoms with Gasteiger partial charge in [-0.15, -0.1) is 0 Å². The third-order valence-corrected chi connectivity index (χ3v) is 3.47. The molecule has 0 saturated heterocycles. The molecule has 21 heavy (non-hydrogen) atoms. The van der Waals surface area contributed by atoms with Gasteiger partial charge in [-0.1, -0.05) is 12.1 Å². The van der Waals surface area contributed by atoms with E-state index < -0.39 is 17.5 Å². The lowest BCUT2D eigenvalue weighted by Gasteiger charge is -2.18. The van der Waals surface area contributed by atoms with Crippen molar-refractivity contribution in [1.29, 1.82) is 0 Å². The van der Waals surface area contributed by atoms with E-state index >= 15 is 0 Å². The Morgan fingerprint density at radius 3 is 2.33 bits per heavy atom. The predicted octanol–water partition coefficient (Wildman–Crippen LogP) is 3.00. The Morgan fingerprint density at radius 2 is 1.67 bits per heavy atom. The first-order chi connectivity index (χ1) is 9.97. The maximum absolute atomic E-state index is 13.4. The maximum Gasteiger partial charge on any atom is 0.299 e. The number of halogens is 2. The van der Waals surface area contributed by atoms with Crippen LogP contribution in [0.2, 0.25) is 0 Å². The molecule has 0 radical (unpaired) electrons. The van der Waals surface area contributed by atoms with Crippen LogP contribution in [0, 0.1) is 18.6 Å². The number of fused-ring (bicyclic) bond motifs is 1. The molecule has 0 unspecified atom stereocenters. The molecule has 3 rings (SSSR count). The lowest BCUT2D eigenvalue weighted by atomic mass is 10.1. The van der Waals surface area contributed by atoms with E-state index in [9.17, 15) is 18.4 Å². The van der Waals surface area contributed by atoms with E-state index in [2.05, 4.69) is 0 Å². The van der Waals surface area contributed by atoms with Crippen LogP contribution < -0.4 is 4.90 Å². The van der Waals surface area contributed by atoms with E-state index in [1.807, 2.05) is 0 Å². The first-order valence-electron chi connectivity index (χ1n) is 6.38. The number of Topliss-reactive ketones (excluding diaryl/α,β-unsaturated/α-hetero) is 1. The van der Waals surface area contributed by atoms with Crippen LogP contribution in [-0.2, 0) is 11.3 Å². The topological polar surface area (TPSA) is 37.4 Å². The molecule has 1 heterocycles. The molecule has 1 amide bonds. The molecule has 0 aromatic heterocycles. The van der Waals surface area contributed by atoms with Gasteiger partial charge in [0.25, 0.3) is 11.7 Å². The van der Waals surface area contributed by atoms with Crippen molar-refractivity contribution >= 4 is 17.4 Å². The van der Waals surface area contributed by atoms with Crippen LogP contribution in [-0.4, -0.2) is 11.7 Å². The molecular weight excluding hydrogens is 276 g/mol. The Morgan fingerprint density at radius 1 is 1.00 bits per heavy atom. The fraction of sp³-hybridized carbons (Fsp3) is 0.125. The van der Waals surface area contributed by atoms with Crippen LogP contribution in [0.4, 0.5) is 14.5 Å². The van der Waals surface area contributed by atoms with Gasteiger partial charge in [0.05, 0.1) is 17.8 Å². The minimum absolute atomic E-state index is 0.0830. The summed E-state index contributed by atoms with van der Waals surface area (Å²) in [6, 6.07) is 8.02. The van der Waals surface area contributed by atoms with E-state index in [-0.39, 0.29) is 17.9 Å². The van der Waals surface area contributed by atoms with Crippen molar-refractivity contribution in [2.75, 3.05) is 4.90 Å². The molecule has 3 nitrogen and oxygen atoms in total. The van der Waals surface area contributed by atoms with Gasteiger partial charge in [0.2, 0.25) is 0 Å². The zero-order valence-electron chi connectivity index (χ0n) is 11.2. The fourth-order valence-electron chi connectivity index (χ4n) is 2.53. The lowest BCUT2D eigenvalue weighted by molar-refractivity contribution is -0.114. The highest BCUT2D eigenvalue weighted by Crippen LogP contribution is 2.34. The Labute approximate surface area is 119 Å². The highest BCUT2D eigenvalue weighted by molar-refractivity contribution is 6.52. The van der Waals surface area contributed by atoms with Crippen molar-refractivity contribution in [3.05, 3.63) is 64.7 Å². The number of nitrogens with zero attached hydrogens (tertiary/aromatic N) is 1. The number of hydrogen-bond donors (Lipinski definition) is 0. The first kappa shape index (κ1) is 13.4. The van der Waals surface area contributed by atoms with E-state index in [1.165, 1.54) is 23.1 Å². The molecular formula is C16H11F2NO2. The molecule has 1 aliphatic heterocycles. The van der Waals surface area contributed by atoms with Gasteiger partial charge in [-0.05, 0) is 42.3 Å². The Bertz CT molecular complexity index is 754. The summed E-state index contributed by atoms with van der Waals surface area (Å²) in [7, 11) is 0. The summed E-state index contributed by atoms with van der Waals surface area (Å²) in [4.78, 5) is 25.3. The van der Waals surface area contributed by atoms with Gasteiger partial charge in [-0.25, -0.2) is 8.78 Å². The highest BCUT2D eigenvalue weighted by Gasteiger charge is 2.37. The van der Waals surface area contributed by atoms with Crippen LogP contribution in [0.25, 0.3) is 0 Å². The number of amides is 1. The molecule has 2 aromatic rings. The molecule has 0 bridgehead atoms. The number of carbonyl (C=O) groups excluding carboxylic acids is 2. The highest BCUT2D eigenvalue weighted by atomic mass is 19.1. The summed E-state index contributed by atoms with van der Waals surface area (Å²) in [5, 5.41) is 0. The average Bonchev–Trinajstić information content (AvgIpc) is 2.67. The number of benzene rings is 2. The zero-order valence-corrected chi connectivity index (χ0v) is 11.2. The smallest absolute Gasteiger partial charge is 0.299 e. The van der Waals surface area contributed by atoms with Gasteiger partial charge in [0.15, 0.2) is 0 Å². The fourth-order valence-corrected chi connectivity index (χ4v) is 2.53. The summed E-state index contributed by atoms with van der Waals surface area (Å²) in [5.41, 5.74) is 1.72. The minimum atomic E-state index is -0.713. The average molecular weight is 287 g/mol. The molecule has 5 heteroatoms. The second kappa shape index (κ2) is 4.77. The molecule has 0 spiro atoms. The van der Waals surface area contributed by atoms with Crippen molar-refractivity contribution in [2.24, 2.45) is 0 Å². The summed E-state index contributed by atoms with van der Waals surface area (Å²) < 4.78 is 26.3. The van der Waals surface area contributed by atoms with E-state index in [4.69, 9.17) is 0 Å². The van der Waals surface area contributed by atoms with Crippen molar-refractivity contribution in [1.82, 2.24) is 0 Å². The second-order valence-corrected chi connectivity index (χ2v) is 4.97. The number of hydrogen-bond acceptors (Lipinski definition) is 2. The van der Waals surface area contributed by atoms with Crippen LogP contribution in [0.3, 0.4) is 0 Å². The maximum atomic E-state index is 13.4. The largest absolute Gasteiger partial charge is 0.300 e. The van der Waals surface area contributed by atoms with Gasteiger partial charge >= 0.3 is 0 Å². The zero-order chi connectivity index (χ0) is 15.1. The standard InChI is InChI=1S/C16H11F2NO2/c1-9-6-12(18)7-13-14(9)19(16(21)15(13)20)8-10-2-4-11(17)5-3-10/h2-7H,8H2,1H3. The number of rotatable bonds is 2. The van der Waals surface area contributed by atoms with Gasteiger partial charge in [-0.3, -0.25) is 9.59 Å². The van der Waals surface area contributed by atoms with Crippen LogP contribution in [0.1, 0.15) is 21.5 Å². The number of ketones is 1. The van der Waals surface area contributed by atoms with Gasteiger partial charge < -0.3 is 4.90 Å². The third-order valence-electron chi connectivity index (χ3n) is 3.47. The molecule has 0 fully saturated rings. The van der Waals surface area contributed by atoms with E-state index in [0.29, 0.717) is 16.8 Å². The minimum Gasteiger partial charge on any atom is -0.300 e. The van der Waals surface area contributed by atoms with Crippen LogP contribution in [0.15, 0.2) is 36.4 Å². The molecule has 0 N–H and O–H groups in total.